The molecular weight excluding hydrogens is 224 g/mol. The summed E-state index contributed by atoms with van der Waals surface area (Å²) in [6, 6.07) is 7.61. The minimum Gasteiger partial charge on any atom is -0.347 e. The monoisotopic (exact) mass is 248 g/mol. The molecule has 0 radical (unpaired) electrons. The van der Waals surface area contributed by atoms with Gasteiger partial charge in [-0.2, -0.15) is 0 Å². The van der Waals surface area contributed by atoms with Crippen LogP contribution in [0.4, 0.5) is 0 Å². The minimum absolute atomic E-state index is 0.0304. The molecule has 1 amide bonds. The number of rotatable bonds is 3. The van der Waals surface area contributed by atoms with Crippen molar-refractivity contribution in [2.24, 2.45) is 11.1 Å². The summed E-state index contributed by atoms with van der Waals surface area (Å²) in [6.45, 7) is 10.1. The normalized spacial score (nSPS) is 15.0. The second-order valence-electron chi connectivity index (χ2n) is 5.95. The smallest absolute Gasteiger partial charge is 0.237 e. The maximum Gasteiger partial charge on any atom is 0.237 e. The molecule has 0 aliphatic carbocycles. The third-order valence-electron chi connectivity index (χ3n) is 3.07. The van der Waals surface area contributed by atoms with Crippen LogP contribution >= 0.6 is 0 Å². The van der Waals surface area contributed by atoms with Gasteiger partial charge in [-0.15, -0.1) is 0 Å². The molecule has 1 aromatic carbocycles. The van der Waals surface area contributed by atoms with E-state index in [1.165, 1.54) is 5.56 Å². The second kappa shape index (κ2) is 5.53. The molecule has 1 unspecified atom stereocenters. The number of carbonyl (C=O) groups is 1. The molecule has 3 nitrogen and oxygen atoms in total. The zero-order chi connectivity index (χ0) is 13.9. The Morgan fingerprint density at radius 1 is 1.28 bits per heavy atom. The predicted octanol–water partition coefficient (Wildman–Crippen LogP) is 2.55. The van der Waals surface area contributed by atoms with E-state index >= 15 is 0 Å². The fraction of sp³-hybridized carbons (Fsp3) is 0.533. The molecule has 3 N–H and O–H groups in total. The van der Waals surface area contributed by atoms with Crippen molar-refractivity contribution in [3.63, 3.8) is 0 Å². The maximum absolute atomic E-state index is 11.8. The van der Waals surface area contributed by atoms with Gasteiger partial charge < -0.3 is 11.1 Å². The Labute approximate surface area is 110 Å². The van der Waals surface area contributed by atoms with Gasteiger partial charge in [0.15, 0.2) is 0 Å². The van der Waals surface area contributed by atoms with Gasteiger partial charge in [0.1, 0.15) is 0 Å². The van der Waals surface area contributed by atoms with Crippen LogP contribution in [-0.2, 0) is 4.79 Å². The third-order valence-corrected chi connectivity index (χ3v) is 3.07. The van der Waals surface area contributed by atoms with Crippen LogP contribution in [-0.4, -0.2) is 11.9 Å². The predicted molar refractivity (Wildman–Crippen MR) is 75.2 cm³/mol. The summed E-state index contributed by atoms with van der Waals surface area (Å²) in [4.78, 5) is 11.8. The maximum atomic E-state index is 11.8. The summed E-state index contributed by atoms with van der Waals surface area (Å²) in [7, 11) is 0. The number of hydrogen-bond acceptors (Lipinski definition) is 2. The SMILES string of the molecule is Cc1ccccc1C(NC(=O)[C@H](C)N)C(C)(C)C. The lowest BCUT2D eigenvalue weighted by atomic mass is 9.80. The van der Waals surface area contributed by atoms with E-state index in [-0.39, 0.29) is 17.4 Å². The Morgan fingerprint density at radius 3 is 2.28 bits per heavy atom. The van der Waals surface area contributed by atoms with Crippen LogP contribution in [0.25, 0.3) is 0 Å². The first-order chi connectivity index (χ1) is 8.23. The number of nitrogens with two attached hydrogens (primary N) is 1. The van der Waals surface area contributed by atoms with Gasteiger partial charge in [-0.1, -0.05) is 45.0 Å². The van der Waals surface area contributed by atoms with E-state index < -0.39 is 6.04 Å². The molecule has 0 saturated carbocycles. The van der Waals surface area contributed by atoms with Crippen molar-refractivity contribution in [2.45, 2.75) is 46.7 Å². The lowest BCUT2D eigenvalue weighted by Gasteiger charge is -2.33. The second-order valence-corrected chi connectivity index (χ2v) is 5.95. The molecule has 1 aromatic rings. The van der Waals surface area contributed by atoms with Crippen molar-refractivity contribution in [1.29, 1.82) is 0 Å². The zero-order valence-corrected chi connectivity index (χ0v) is 11.9. The number of amides is 1. The Bertz CT molecular complexity index is 419. The minimum atomic E-state index is -0.487. The van der Waals surface area contributed by atoms with Crippen molar-refractivity contribution in [3.05, 3.63) is 35.4 Å². The summed E-state index contributed by atoms with van der Waals surface area (Å²) in [5, 5.41) is 3.05. The van der Waals surface area contributed by atoms with Gasteiger partial charge in [0.25, 0.3) is 0 Å². The van der Waals surface area contributed by atoms with Crippen molar-refractivity contribution in [1.82, 2.24) is 5.32 Å². The number of benzene rings is 1. The summed E-state index contributed by atoms with van der Waals surface area (Å²) >= 11 is 0. The average Bonchev–Trinajstić information content (AvgIpc) is 2.25. The molecule has 3 heteroatoms. The Kier molecular flexibility index (Phi) is 4.52. The topological polar surface area (TPSA) is 55.1 Å². The molecule has 0 saturated heterocycles. The first-order valence-electron chi connectivity index (χ1n) is 6.35. The van der Waals surface area contributed by atoms with Crippen LogP contribution in [0, 0.1) is 12.3 Å². The molecule has 18 heavy (non-hydrogen) atoms. The fourth-order valence-corrected chi connectivity index (χ4v) is 1.95. The van der Waals surface area contributed by atoms with Crippen molar-refractivity contribution in [2.75, 3.05) is 0 Å². The first-order valence-corrected chi connectivity index (χ1v) is 6.35. The molecule has 1 rings (SSSR count). The highest BCUT2D eigenvalue weighted by atomic mass is 16.2. The van der Waals surface area contributed by atoms with E-state index in [0.29, 0.717) is 0 Å². The van der Waals surface area contributed by atoms with Crippen LogP contribution < -0.4 is 11.1 Å². The van der Waals surface area contributed by atoms with Crippen molar-refractivity contribution >= 4 is 5.91 Å². The van der Waals surface area contributed by atoms with Crippen molar-refractivity contribution in [3.8, 4) is 0 Å². The molecule has 0 aliphatic rings. The molecule has 0 spiro atoms. The molecule has 0 aromatic heterocycles. The summed E-state index contributed by atoms with van der Waals surface area (Å²) in [5.41, 5.74) is 7.91. The van der Waals surface area contributed by atoms with E-state index in [0.717, 1.165) is 5.56 Å². The zero-order valence-electron chi connectivity index (χ0n) is 11.9. The quantitative estimate of drug-likeness (QED) is 0.863. The van der Waals surface area contributed by atoms with Gasteiger partial charge in [0.2, 0.25) is 5.91 Å². The number of nitrogens with one attached hydrogen (secondary N) is 1. The summed E-state index contributed by atoms with van der Waals surface area (Å²) in [6.07, 6.45) is 0. The Hall–Kier alpha value is -1.35. The van der Waals surface area contributed by atoms with E-state index in [9.17, 15) is 4.79 Å². The van der Waals surface area contributed by atoms with E-state index in [4.69, 9.17) is 5.73 Å². The lowest BCUT2D eigenvalue weighted by molar-refractivity contribution is -0.123. The average molecular weight is 248 g/mol. The Morgan fingerprint density at radius 2 is 1.83 bits per heavy atom. The van der Waals surface area contributed by atoms with Crippen molar-refractivity contribution < 1.29 is 4.79 Å². The van der Waals surface area contributed by atoms with Gasteiger partial charge in [-0.25, -0.2) is 0 Å². The van der Waals surface area contributed by atoms with Crippen LogP contribution in [0.1, 0.15) is 44.9 Å². The fourth-order valence-electron chi connectivity index (χ4n) is 1.95. The molecule has 0 heterocycles. The Balaban J connectivity index is 3.08. The standard InChI is InChI=1S/C15H24N2O/c1-10-8-6-7-9-12(10)13(15(3,4)5)17-14(18)11(2)16/h6-9,11,13H,16H2,1-5H3,(H,17,18)/t11-,13?/m0/s1. The largest absolute Gasteiger partial charge is 0.347 e. The number of aryl methyl sites for hydroxylation is 1. The molecule has 0 bridgehead atoms. The van der Waals surface area contributed by atoms with Crippen LogP contribution in [0.15, 0.2) is 24.3 Å². The first kappa shape index (κ1) is 14.7. The molecule has 2 atom stereocenters. The highest BCUT2D eigenvalue weighted by Crippen LogP contribution is 2.34. The molecule has 0 aliphatic heterocycles. The van der Waals surface area contributed by atoms with E-state index in [2.05, 4.69) is 45.1 Å². The van der Waals surface area contributed by atoms with Crippen LogP contribution in [0.2, 0.25) is 0 Å². The van der Waals surface area contributed by atoms with Gasteiger partial charge in [0.05, 0.1) is 12.1 Å². The summed E-state index contributed by atoms with van der Waals surface area (Å²) < 4.78 is 0. The number of hydrogen-bond donors (Lipinski definition) is 2. The van der Waals surface area contributed by atoms with Gasteiger partial charge >= 0.3 is 0 Å². The highest BCUT2D eigenvalue weighted by molar-refractivity contribution is 5.81. The van der Waals surface area contributed by atoms with Crippen LogP contribution in [0.3, 0.4) is 0 Å². The van der Waals surface area contributed by atoms with Gasteiger partial charge in [0, 0.05) is 0 Å². The number of carbonyl (C=O) groups excluding carboxylic acids is 1. The third kappa shape index (κ3) is 3.57. The molecule has 100 valence electrons. The highest BCUT2D eigenvalue weighted by Gasteiger charge is 2.29. The van der Waals surface area contributed by atoms with Crippen LogP contribution in [0.5, 0.6) is 0 Å². The molecular formula is C15H24N2O. The van der Waals surface area contributed by atoms with E-state index in [1.54, 1.807) is 6.92 Å². The van der Waals surface area contributed by atoms with E-state index in [1.807, 2.05) is 12.1 Å². The van der Waals surface area contributed by atoms with Gasteiger partial charge in [-0.05, 0) is 30.4 Å². The van der Waals surface area contributed by atoms with Gasteiger partial charge in [-0.3, -0.25) is 4.79 Å². The summed E-state index contributed by atoms with van der Waals surface area (Å²) in [5.74, 6) is -0.113. The lowest BCUT2D eigenvalue weighted by Crippen LogP contribution is -2.44. The molecule has 0 fully saturated rings.